The molecule has 0 radical (unpaired) electrons. The number of aliphatic hydroxyl groups excluding tert-OH is 6. The van der Waals surface area contributed by atoms with Crippen LogP contribution in [0.4, 0.5) is 0 Å². The Morgan fingerprint density at radius 2 is 0.759 bits per heavy atom. The van der Waals surface area contributed by atoms with Crippen LogP contribution in [-0.2, 0) is 105 Å². The van der Waals surface area contributed by atoms with Crippen molar-refractivity contribution in [2.24, 2.45) is 29.1 Å². The summed E-state index contributed by atoms with van der Waals surface area (Å²) in [4.78, 5) is 145. The first-order chi connectivity index (χ1) is 65.7. The smallest absolute Gasteiger partial charge is 0.330 e. The molecule has 7 aliphatic heterocycles. The quantitative estimate of drug-likeness (QED) is 0.0326. The van der Waals surface area contributed by atoms with Gasteiger partial charge in [-0.05, 0) is 120 Å². The highest BCUT2D eigenvalue weighted by atomic mass is 16.8. The van der Waals surface area contributed by atoms with Crippen molar-refractivity contribution < 1.29 is 135 Å². The third-order valence-corrected chi connectivity index (χ3v) is 26.5. The van der Waals surface area contributed by atoms with E-state index in [1.54, 1.807) is 20.8 Å². The zero-order valence-electron chi connectivity index (χ0n) is 82.2. The number of aromatic amines is 1. The van der Waals surface area contributed by atoms with Crippen molar-refractivity contribution in [2.75, 3.05) is 145 Å². The predicted octanol–water partition coefficient (Wildman–Crippen LogP) is 3.79. The Bertz CT molecular complexity index is 3730. The fourth-order valence-corrected chi connectivity index (χ4v) is 17.7. The number of nitrogens with one attached hydrogen (secondary N) is 9. The fraction of sp³-hybridized carbons (Fsp3) is 0.845. The SMILES string of the molecule is C[C@H]1[C@H]2OC[C@](COCCCCC(=O)CCCCNC(=O)CCOCC(COCCC(=O)NCCCNC(=O)CCCCOC[C@@]34CO[C@@H](O3)[C@H](C)[C@@H](O)[C@H]4O)(COCCC(=O)NCCCNC(=O)CCCCOC[C@@]34CO[C@@H](O3)[C@H](C)[C@@H](O)[C@H]4O)NC(=O)CCCCCCCCCCC(=O)NCCCCCCNC(=O)/C=C/c3cn([C@H]4C[C@H](C)[C@@H](CC(C)(C)C)O4)c(=O)[nH]c3=O)(O2)[C@H](O)[C@@H]1O. The molecule has 1 aromatic heterocycles. The molecule has 1 aromatic rings. The Morgan fingerprint density at radius 3 is 1.16 bits per heavy atom. The molecule has 782 valence electrons. The number of aliphatic hydroxyl groups is 6. The van der Waals surface area contributed by atoms with Gasteiger partial charge < -0.3 is 135 Å². The van der Waals surface area contributed by atoms with E-state index in [1.165, 1.54) is 22.9 Å². The Kier molecular flexibility index (Phi) is 50.9. The summed E-state index contributed by atoms with van der Waals surface area (Å²) < 4.78 is 78.2. The second kappa shape index (κ2) is 60.5. The van der Waals surface area contributed by atoms with Crippen LogP contribution in [0.2, 0.25) is 0 Å². The van der Waals surface area contributed by atoms with E-state index >= 15 is 0 Å². The Morgan fingerprint density at radius 1 is 0.423 bits per heavy atom. The van der Waals surface area contributed by atoms with Gasteiger partial charge in [-0.15, -0.1) is 0 Å². The number of amides is 8. The molecule has 40 heteroatoms. The molecule has 0 spiro atoms. The first-order valence-corrected chi connectivity index (χ1v) is 50.5. The van der Waals surface area contributed by atoms with E-state index in [1.807, 2.05) is 0 Å². The largest absolute Gasteiger partial charge is 0.390 e. The number of carbonyl (C=O) groups is 9. The molecule has 8 amide bonds. The van der Waals surface area contributed by atoms with Crippen molar-refractivity contribution in [3.05, 3.63) is 38.7 Å². The summed E-state index contributed by atoms with van der Waals surface area (Å²) in [7, 11) is 0. The standard InChI is InChI=1S/C97H164N10O30/c1-66-54-81(134-72(66)55-93(5,6)7)107-56-70(88(123)105-92(107)124)36-37-76(112)99-42-23-15-14-22-41-98-73(109)32-16-12-10-8-9-11-13-17-35-80(116)106-94(57-128-51-38-77(113)100-43-24-18-30-71(108)31-19-25-48-125-60-95-63-131-89(135-95)67(2)82(117)85(95)120,58-129-52-39-78(114)103-46-28-44-101-74(110)33-20-26-49-126-61-96-64-132-90(136-96)68(3)83(118)86(96)121)59-130-53-40-79(115)104-47-29-45-102-75(111)34-21-27-50-127-62-97-65-133-91(137-97)69(4)84(119)87(97)122/h36-37,56,66-69,72,81-87,89-91,117-122H,8-35,38-55,57-65H2,1-7H3,(H,98,109)(H,99,112)(H,100,113)(H,101,110)(H,102,111)(H,103,114)(H,104,115)(H,106,116)(H,105,123,124)/b37-36+/t66-,67+,68+,69+,72+,81+,82+,83+,84+,85+,86+,87+,89-,90-,91-,95-,96-,97-/m0/s1. The average molecular weight is 1950 g/mol. The van der Waals surface area contributed by atoms with Crippen LogP contribution in [0, 0.1) is 29.1 Å². The number of ketones is 1. The number of unbranched alkanes of at least 4 members (excludes halogenated alkanes) is 14. The maximum absolute atomic E-state index is 14.1. The summed E-state index contributed by atoms with van der Waals surface area (Å²) in [5.74, 6) is -2.80. The highest BCUT2D eigenvalue weighted by Gasteiger charge is 2.61. The van der Waals surface area contributed by atoms with Gasteiger partial charge in [0.2, 0.25) is 47.3 Å². The topological polar surface area (TPSA) is 546 Å². The number of Topliss-reactive ketones (excluding diaryl/α,β-unsaturated/α-hetero) is 1. The van der Waals surface area contributed by atoms with E-state index in [2.05, 4.69) is 75.2 Å². The molecule has 7 fully saturated rings. The van der Waals surface area contributed by atoms with Crippen LogP contribution in [0.3, 0.4) is 0 Å². The first kappa shape index (κ1) is 115. The van der Waals surface area contributed by atoms with E-state index in [0.29, 0.717) is 149 Å². The molecule has 0 aromatic carbocycles. The third kappa shape index (κ3) is 39.7. The van der Waals surface area contributed by atoms with Crippen molar-refractivity contribution >= 4 is 59.1 Å². The predicted molar refractivity (Wildman–Crippen MR) is 501 cm³/mol. The van der Waals surface area contributed by atoms with E-state index < -0.39 is 95.3 Å². The van der Waals surface area contributed by atoms with Gasteiger partial charge in [0.15, 0.2) is 18.9 Å². The third-order valence-electron chi connectivity index (χ3n) is 26.5. The van der Waals surface area contributed by atoms with Crippen molar-refractivity contribution in [1.82, 2.24) is 52.1 Å². The molecule has 6 bridgehead atoms. The monoisotopic (exact) mass is 1950 g/mol. The van der Waals surface area contributed by atoms with Crippen molar-refractivity contribution in [2.45, 2.75) is 351 Å². The lowest BCUT2D eigenvalue weighted by Gasteiger charge is -2.41. The fourth-order valence-electron chi connectivity index (χ4n) is 17.7. The number of H-pyrrole nitrogens is 1. The van der Waals surface area contributed by atoms with Crippen molar-refractivity contribution in [1.29, 1.82) is 0 Å². The second-order valence-corrected chi connectivity index (χ2v) is 39.8. The molecule has 15 N–H and O–H groups in total. The summed E-state index contributed by atoms with van der Waals surface area (Å²) >= 11 is 0. The number of carbonyl (C=O) groups excluding carboxylic acids is 9. The molecular formula is C97H164N10O30. The molecule has 7 aliphatic rings. The number of fused-ring (bicyclic) bond motifs is 6. The van der Waals surface area contributed by atoms with Gasteiger partial charge in [0.05, 0.1) is 109 Å². The van der Waals surface area contributed by atoms with Gasteiger partial charge in [-0.3, -0.25) is 57.5 Å². The molecular weight excluding hydrogens is 1790 g/mol. The van der Waals surface area contributed by atoms with Crippen molar-refractivity contribution in [3.8, 4) is 0 Å². The molecule has 0 saturated carbocycles. The van der Waals surface area contributed by atoms with Crippen molar-refractivity contribution in [3.63, 3.8) is 0 Å². The lowest BCUT2D eigenvalue weighted by molar-refractivity contribution is -0.248. The summed E-state index contributed by atoms with van der Waals surface area (Å²) in [5, 5.41) is 86.7. The summed E-state index contributed by atoms with van der Waals surface area (Å²) in [5.41, 5.74) is -5.73. The maximum Gasteiger partial charge on any atom is 0.330 e. The van der Waals surface area contributed by atoms with Crippen LogP contribution < -0.4 is 53.8 Å². The van der Waals surface area contributed by atoms with E-state index in [4.69, 9.17) is 61.6 Å². The molecule has 18 atom stereocenters. The minimum atomic E-state index is -1.38. The summed E-state index contributed by atoms with van der Waals surface area (Å²) in [6, 6.07) is 0. The van der Waals surface area contributed by atoms with Gasteiger partial charge in [0, 0.05) is 153 Å². The lowest BCUT2D eigenvalue weighted by Crippen LogP contribution is -2.60. The van der Waals surface area contributed by atoms with Gasteiger partial charge in [-0.25, -0.2) is 4.79 Å². The molecule has 40 nitrogen and oxygen atoms in total. The summed E-state index contributed by atoms with van der Waals surface area (Å²) in [6.07, 6.45) is 13.6. The van der Waals surface area contributed by atoms with Gasteiger partial charge in [0.25, 0.3) is 5.56 Å². The normalized spacial score (nSPS) is 26.6. The molecule has 0 aliphatic carbocycles. The Hall–Kier alpha value is -6.91. The van der Waals surface area contributed by atoms with Crippen LogP contribution in [0.15, 0.2) is 21.9 Å². The maximum atomic E-state index is 14.1. The van der Waals surface area contributed by atoms with E-state index in [9.17, 15) is 83.4 Å². The number of aromatic nitrogens is 2. The van der Waals surface area contributed by atoms with Gasteiger partial charge in [-0.2, -0.15) is 0 Å². The summed E-state index contributed by atoms with van der Waals surface area (Å²) in [6.45, 7) is 16.8. The second-order valence-electron chi connectivity index (χ2n) is 39.8. The number of ether oxygens (including phenoxy) is 13. The molecule has 8 heterocycles. The Labute approximate surface area is 806 Å². The lowest BCUT2D eigenvalue weighted by atomic mass is 9.85. The number of hydrogen-bond donors (Lipinski definition) is 15. The molecule has 7 saturated heterocycles. The van der Waals surface area contributed by atoms with E-state index in [0.717, 1.165) is 77.0 Å². The number of rotatable bonds is 72. The van der Waals surface area contributed by atoms with Crippen LogP contribution in [-0.4, -0.2) is 322 Å². The first-order valence-electron chi connectivity index (χ1n) is 50.5. The average Bonchev–Trinajstić information content (AvgIpc) is 1.62. The highest BCUT2D eigenvalue weighted by molar-refractivity contribution is 5.91. The van der Waals surface area contributed by atoms with Crippen LogP contribution in [0.25, 0.3) is 6.08 Å². The van der Waals surface area contributed by atoms with Gasteiger partial charge >= 0.3 is 5.69 Å². The van der Waals surface area contributed by atoms with Gasteiger partial charge in [0.1, 0.15) is 52.7 Å². The van der Waals surface area contributed by atoms with Crippen LogP contribution in [0.5, 0.6) is 0 Å². The molecule has 137 heavy (non-hydrogen) atoms. The molecule has 0 unspecified atom stereocenters. The minimum Gasteiger partial charge on any atom is -0.390 e. The van der Waals surface area contributed by atoms with E-state index in [-0.39, 0.29) is 225 Å². The highest BCUT2D eigenvalue weighted by Crippen LogP contribution is 2.44. The van der Waals surface area contributed by atoms with Gasteiger partial charge in [-0.1, -0.05) is 99.8 Å². The van der Waals surface area contributed by atoms with Crippen LogP contribution in [0.1, 0.15) is 272 Å². The zero-order chi connectivity index (χ0) is 99.2. The number of nitrogens with zero attached hydrogens (tertiary/aromatic N) is 1. The zero-order valence-corrected chi connectivity index (χ0v) is 82.2. The Balaban J connectivity index is 0.735. The number of hydrogen-bond acceptors (Lipinski definition) is 30. The minimum absolute atomic E-state index is 0.00168. The molecule has 8 rings (SSSR count). The van der Waals surface area contributed by atoms with Crippen LogP contribution >= 0.6 is 0 Å².